The molecule has 1 rings (SSSR count). The number of hydrogen-bond donors (Lipinski definition) is 2. The van der Waals surface area contributed by atoms with Crippen LogP contribution in [0.4, 0.5) is 4.39 Å². The van der Waals surface area contributed by atoms with Crippen LogP contribution in [0.1, 0.15) is 30.5 Å². The monoisotopic (exact) mass is 240 g/mol. The fourth-order valence-electron chi connectivity index (χ4n) is 1.88. The van der Waals surface area contributed by atoms with Crippen LogP contribution in [-0.4, -0.2) is 13.7 Å². The van der Waals surface area contributed by atoms with Gasteiger partial charge in [0, 0.05) is 19.8 Å². The lowest BCUT2D eigenvalue weighted by atomic mass is 9.96. The number of methoxy groups -OCH3 is 1. The topological polar surface area (TPSA) is 47.3 Å². The van der Waals surface area contributed by atoms with Crippen LogP contribution < -0.4 is 11.3 Å². The van der Waals surface area contributed by atoms with Gasteiger partial charge in [0.15, 0.2) is 0 Å². The van der Waals surface area contributed by atoms with E-state index < -0.39 is 0 Å². The van der Waals surface area contributed by atoms with Crippen molar-refractivity contribution in [1.82, 2.24) is 5.43 Å². The van der Waals surface area contributed by atoms with Gasteiger partial charge in [-0.1, -0.05) is 19.1 Å². The maximum Gasteiger partial charge on any atom is 0.126 e. The molecule has 0 radical (unpaired) electrons. The normalized spacial score (nSPS) is 14.6. The summed E-state index contributed by atoms with van der Waals surface area (Å²) in [5, 5.41) is 0. The van der Waals surface area contributed by atoms with E-state index in [1.807, 2.05) is 6.07 Å². The average molecular weight is 240 g/mol. The highest BCUT2D eigenvalue weighted by atomic mass is 19.1. The Labute approximate surface area is 102 Å². The quantitative estimate of drug-likeness (QED) is 0.592. The van der Waals surface area contributed by atoms with Crippen molar-refractivity contribution in [2.45, 2.75) is 26.3 Å². The maximum atomic E-state index is 13.5. The largest absolute Gasteiger partial charge is 0.384 e. The smallest absolute Gasteiger partial charge is 0.126 e. The van der Waals surface area contributed by atoms with Gasteiger partial charge in [0.25, 0.3) is 0 Å². The first-order valence-electron chi connectivity index (χ1n) is 5.79. The molecule has 0 amide bonds. The van der Waals surface area contributed by atoms with E-state index >= 15 is 0 Å². The van der Waals surface area contributed by atoms with Gasteiger partial charge in [0.1, 0.15) is 5.82 Å². The number of nitrogens with one attached hydrogen (secondary N) is 1. The third-order valence-corrected chi connectivity index (χ3v) is 2.89. The molecule has 3 N–H and O–H groups in total. The predicted molar refractivity (Wildman–Crippen MR) is 66.9 cm³/mol. The van der Waals surface area contributed by atoms with E-state index in [4.69, 9.17) is 10.6 Å². The lowest BCUT2D eigenvalue weighted by molar-refractivity contribution is 0.149. The molecule has 0 fully saturated rings. The average Bonchev–Trinajstić information content (AvgIpc) is 2.30. The molecule has 3 nitrogen and oxygen atoms in total. The molecular weight excluding hydrogens is 219 g/mol. The summed E-state index contributed by atoms with van der Waals surface area (Å²) >= 11 is 0. The Balaban J connectivity index is 2.75. The Morgan fingerprint density at radius 1 is 1.47 bits per heavy atom. The van der Waals surface area contributed by atoms with Crippen molar-refractivity contribution < 1.29 is 9.13 Å². The number of nitrogens with two attached hydrogens (primary N) is 1. The Morgan fingerprint density at radius 2 is 2.18 bits per heavy atom. The first-order valence-corrected chi connectivity index (χ1v) is 5.79. The summed E-state index contributed by atoms with van der Waals surface area (Å²) in [7, 11) is 1.67. The standard InChI is InChI=1S/C13H21FN2O/c1-9(8-17-3)6-13(16-15)11-5-4-10(2)12(14)7-11/h4-5,7,9,13,16H,6,8,15H2,1-3H3. The number of rotatable bonds is 6. The minimum atomic E-state index is -0.192. The van der Waals surface area contributed by atoms with Gasteiger partial charge >= 0.3 is 0 Å². The van der Waals surface area contributed by atoms with Crippen LogP contribution in [0.5, 0.6) is 0 Å². The van der Waals surface area contributed by atoms with E-state index in [-0.39, 0.29) is 11.9 Å². The van der Waals surface area contributed by atoms with Gasteiger partial charge in [-0.15, -0.1) is 0 Å². The molecule has 17 heavy (non-hydrogen) atoms. The molecule has 0 bridgehead atoms. The minimum Gasteiger partial charge on any atom is -0.384 e. The second kappa shape index (κ2) is 6.69. The summed E-state index contributed by atoms with van der Waals surface area (Å²) in [6, 6.07) is 5.17. The maximum absolute atomic E-state index is 13.5. The Kier molecular flexibility index (Phi) is 5.55. The molecule has 96 valence electrons. The number of hydrogen-bond acceptors (Lipinski definition) is 3. The third-order valence-electron chi connectivity index (χ3n) is 2.89. The summed E-state index contributed by atoms with van der Waals surface area (Å²) in [4.78, 5) is 0. The van der Waals surface area contributed by atoms with Crippen LogP contribution in [0, 0.1) is 18.7 Å². The lowest BCUT2D eigenvalue weighted by Crippen LogP contribution is -2.30. The Morgan fingerprint density at radius 3 is 2.71 bits per heavy atom. The summed E-state index contributed by atoms with van der Waals surface area (Å²) in [6.07, 6.45) is 0.812. The number of halogens is 1. The van der Waals surface area contributed by atoms with E-state index in [1.54, 1.807) is 26.2 Å². The van der Waals surface area contributed by atoms with E-state index in [1.165, 1.54) is 0 Å². The van der Waals surface area contributed by atoms with Gasteiger partial charge < -0.3 is 4.74 Å². The van der Waals surface area contributed by atoms with Crippen molar-refractivity contribution in [3.63, 3.8) is 0 Å². The summed E-state index contributed by atoms with van der Waals surface area (Å²) in [5.74, 6) is 5.70. The fraction of sp³-hybridized carbons (Fsp3) is 0.538. The van der Waals surface area contributed by atoms with Crippen molar-refractivity contribution in [1.29, 1.82) is 0 Å². The lowest BCUT2D eigenvalue weighted by Gasteiger charge is -2.20. The van der Waals surface area contributed by atoms with Crippen molar-refractivity contribution in [3.05, 3.63) is 35.1 Å². The first kappa shape index (κ1) is 14.1. The van der Waals surface area contributed by atoms with Gasteiger partial charge in [-0.05, 0) is 36.5 Å². The van der Waals surface area contributed by atoms with Crippen LogP contribution in [0.3, 0.4) is 0 Å². The molecule has 1 aromatic carbocycles. The van der Waals surface area contributed by atoms with E-state index in [9.17, 15) is 4.39 Å². The molecule has 0 saturated heterocycles. The molecule has 0 aromatic heterocycles. The molecule has 0 aliphatic carbocycles. The molecule has 0 heterocycles. The molecule has 0 aliphatic heterocycles. The predicted octanol–water partition coefficient (Wildman–Crippen LogP) is 2.31. The van der Waals surface area contributed by atoms with Gasteiger partial charge in [-0.3, -0.25) is 11.3 Å². The highest BCUT2D eigenvalue weighted by molar-refractivity contribution is 5.25. The first-order chi connectivity index (χ1) is 8.08. The molecule has 2 unspecified atom stereocenters. The van der Waals surface area contributed by atoms with Crippen molar-refractivity contribution in [3.8, 4) is 0 Å². The zero-order valence-electron chi connectivity index (χ0n) is 10.7. The van der Waals surface area contributed by atoms with Crippen LogP contribution in [0.15, 0.2) is 18.2 Å². The number of ether oxygens (including phenoxy) is 1. The van der Waals surface area contributed by atoms with Crippen LogP contribution in [0.25, 0.3) is 0 Å². The SMILES string of the molecule is COCC(C)CC(NN)c1ccc(C)c(F)c1. The van der Waals surface area contributed by atoms with Gasteiger partial charge in [-0.25, -0.2) is 4.39 Å². The third kappa shape index (κ3) is 4.07. The van der Waals surface area contributed by atoms with Crippen LogP contribution >= 0.6 is 0 Å². The number of benzene rings is 1. The zero-order chi connectivity index (χ0) is 12.8. The van der Waals surface area contributed by atoms with Crippen LogP contribution in [0.2, 0.25) is 0 Å². The van der Waals surface area contributed by atoms with Crippen molar-refractivity contribution >= 4 is 0 Å². The van der Waals surface area contributed by atoms with Crippen LogP contribution in [-0.2, 0) is 4.74 Å². The second-order valence-corrected chi connectivity index (χ2v) is 4.52. The Bertz CT molecular complexity index is 357. The van der Waals surface area contributed by atoms with E-state index in [2.05, 4.69) is 12.3 Å². The molecule has 0 saturated carbocycles. The fourth-order valence-corrected chi connectivity index (χ4v) is 1.88. The van der Waals surface area contributed by atoms with E-state index in [0.717, 1.165) is 12.0 Å². The molecular formula is C13H21FN2O. The molecule has 1 aromatic rings. The van der Waals surface area contributed by atoms with Crippen molar-refractivity contribution in [2.24, 2.45) is 11.8 Å². The highest BCUT2D eigenvalue weighted by Crippen LogP contribution is 2.22. The molecule has 0 aliphatic rings. The minimum absolute atomic E-state index is 0.0461. The number of hydrazine groups is 1. The van der Waals surface area contributed by atoms with Gasteiger partial charge in [-0.2, -0.15) is 0 Å². The van der Waals surface area contributed by atoms with Gasteiger partial charge in [0.05, 0.1) is 0 Å². The van der Waals surface area contributed by atoms with Crippen molar-refractivity contribution in [2.75, 3.05) is 13.7 Å². The second-order valence-electron chi connectivity index (χ2n) is 4.52. The Hall–Kier alpha value is -0.970. The van der Waals surface area contributed by atoms with Gasteiger partial charge in [0.2, 0.25) is 0 Å². The zero-order valence-corrected chi connectivity index (χ0v) is 10.7. The molecule has 4 heteroatoms. The summed E-state index contributed by atoms with van der Waals surface area (Å²) in [5.41, 5.74) is 4.25. The summed E-state index contributed by atoms with van der Waals surface area (Å²) in [6.45, 7) is 4.50. The van der Waals surface area contributed by atoms with E-state index in [0.29, 0.717) is 18.1 Å². The summed E-state index contributed by atoms with van der Waals surface area (Å²) < 4.78 is 18.6. The molecule has 0 spiro atoms. The molecule has 2 atom stereocenters. The number of aryl methyl sites for hydroxylation is 1. The highest BCUT2D eigenvalue weighted by Gasteiger charge is 2.15.